The summed E-state index contributed by atoms with van der Waals surface area (Å²) >= 11 is 0. The Morgan fingerprint density at radius 3 is 2.59 bits per heavy atom. The van der Waals surface area contributed by atoms with E-state index in [1.807, 2.05) is 35.2 Å². The van der Waals surface area contributed by atoms with E-state index in [-0.39, 0.29) is 5.92 Å². The molecule has 0 atom stereocenters. The molecule has 114 valence electrons. The Kier molecular flexibility index (Phi) is 3.41. The Bertz CT molecular complexity index is 673. The zero-order valence-electron chi connectivity index (χ0n) is 12.6. The summed E-state index contributed by atoms with van der Waals surface area (Å²) < 4.78 is 2.15. The second-order valence-electron chi connectivity index (χ2n) is 6.20. The van der Waals surface area contributed by atoms with E-state index in [1.165, 1.54) is 12.8 Å². The first-order chi connectivity index (χ1) is 10.8. The molecule has 0 bridgehead atoms. The van der Waals surface area contributed by atoms with Crippen molar-refractivity contribution >= 4 is 5.91 Å². The molecular formula is C17H20N4O. The van der Waals surface area contributed by atoms with Crippen LogP contribution in [-0.4, -0.2) is 32.1 Å². The molecule has 0 spiro atoms. The highest BCUT2D eigenvalue weighted by Gasteiger charge is 2.30. The summed E-state index contributed by atoms with van der Waals surface area (Å²) in [5.74, 6) is 2.36. The Labute approximate surface area is 130 Å². The molecule has 1 saturated carbocycles. The fourth-order valence-corrected chi connectivity index (χ4v) is 3.58. The molecule has 1 aromatic carbocycles. The topological polar surface area (TPSA) is 51.0 Å². The zero-order valence-corrected chi connectivity index (χ0v) is 12.6. The molecule has 1 fully saturated rings. The van der Waals surface area contributed by atoms with Crippen LogP contribution in [0.1, 0.15) is 31.5 Å². The Morgan fingerprint density at radius 2 is 1.82 bits per heavy atom. The van der Waals surface area contributed by atoms with Crippen molar-refractivity contribution in [1.29, 1.82) is 0 Å². The fraction of sp³-hybridized carbons (Fsp3) is 0.471. The number of benzene rings is 1. The highest BCUT2D eigenvalue weighted by atomic mass is 16.2. The van der Waals surface area contributed by atoms with E-state index < -0.39 is 0 Å². The summed E-state index contributed by atoms with van der Waals surface area (Å²) in [5, 5.41) is 8.65. The first-order valence-corrected chi connectivity index (χ1v) is 8.09. The summed E-state index contributed by atoms with van der Waals surface area (Å²) in [6.45, 7) is 2.14. The minimum atomic E-state index is 0.239. The van der Waals surface area contributed by atoms with Gasteiger partial charge in [-0.2, -0.15) is 0 Å². The second-order valence-corrected chi connectivity index (χ2v) is 6.20. The number of carbonyl (C=O) groups is 1. The summed E-state index contributed by atoms with van der Waals surface area (Å²) in [5.41, 5.74) is 1.08. The van der Waals surface area contributed by atoms with Crippen LogP contribution in [0, 0.1) is 5.92 Å². The van der Waals surface area contributed by atoms with Gasteiger partial charge in [0.15, 0.2) is 11.6 Å². The van der Waals surface area contributed by atoms with Crippen molar-refractivity contribution in [2.45, 2.75) is 38.8 Å². The van der Waals surface area contributed by atoms with E-state index in [4.69, 9.17) is 0 Å². The third kappa shape index (κ3) is 2.30. The third-order valence-electron chi connectivity index (χ3n) is 4.80. The van der Waals surface area contributed by atoms with Crippen LogP contribution in [0.15, 0.2) is 30.3 Å². The molecule has 4 rings (SSSR count). The average Bonchev–Trinajstić information content (AvgIpc) is 3.24. The first kappa shape index (κ1) is 13.5. The maximum Gasteiger partial charge on any atom is 0.226 e. The van der Waals surface area contributed by atoms with Crippen molar-refractivity contribution in [3.05, 3.63) is 36.2 Å². The van der Waals surface area contributed by atoms with Crippen LogP contribution in [0.2, 0.25) is 0 Å². The molecule has 0 saturated heterocycles. The number of aromatic nitrogens is 3. The van der Waals surface area contributed by atoms with Crippen molar-refractivity contribution in [2.75, 3.05) is 6.54 Å². The fourth-order valence-electron chi connectivity index (χ4n) is 3.58. The molecule has 1 amide bonds. The van der Waals surface area contributed by atoms with Crippen molar-refractivity contribution in [1.82, 2.24) is 19.7 Å². The van der Waals surface area contributed by atoms with E-state index in [1.54, 1.807) is 0 Å². The van der Waals surface area contributed by atoms with Gasteiger partial charge >= 0.3 is 0 Å². The lowest BCUT2D eigenvalue weighted by Gasteiger charge is -2.30. The van der Waals surface area contributed by atoms with Crippen LogP contribution >= 0.6 is 0 Å². The Morgan fingerprint density at radius 1 is 1.05 bits per heavy atom. The predicted octanol–water partition coefficient (Wildman–Crippen LogP) is 2.48. The molecule has 0 unspecified atom stereocenters. The number of rotatable bonds is 2. The van der Waals surface area contributed by atoms with E-state index in [0.717, 1.165) is 43.1 Å². The number of carbonyl (C=O) groups excluding carboxylic acids is 1. The van der Waals surface area contributed by atoms with Gasteiger partial charge in [-0.1, -0.05) is 43.2 Å². The first-order valence-electron chi connectivity index (χ1n) is 8.09. The molecular weight excluding hydrogens is 276 g/mol. The van der Waals surface area contributed by atoms with Gasteiger partial charge in [0.25, 0.3) is 0 Å². The van der Waals surface area contributed by atoms with Crippen LogP contribution in [-0.2, 0) is 17.9 Å². The number of fused-ring (bicyclic) bond motifs is 1. The standard InChI is InChI=1S/C17H20N4O/c22-17(14-8-4-5-9-14)20-10-11-21-15(12-20)18-19-16(21)13-6-2-1-3-7-13/h1-3,6-7,14H,4-5,8-12H2. The zero-order chi connectivity index (χ0) is 14.9. The summed E-state index contributed by atoms with van der Waals surface area (Å²) in [6.07, 6.45) is 4.49. The number of hydrogen-bond acceptors (Lipinski definition) is 3. The highest BCUT2D eigenvalue weighted by molar-refractivity contribution is 5.79. The monoisotopic (exact) mass is 296 g/mol. The maximum absolute atomic E-state index is 12.6. The van der Waals surface area contributed by atoms with Crippen LogP contribution in [0.5, 0.6) is 0 Å². The van der Waals surface area contributed by atoms with E-state index in [0.29, 0.717) is 12.5 Å². The normalized spacial score (nSPS) is 18.5. The second kappa shape index (κ2) is 5.55. The smallest absolute Gasteiger partial charge is 0.226 e. The molecule has 1 aromatic heterocycles. The van der Waals surface area contributed by atoms with Crippen molar-refractivity contribution in [2.24, 2.45) is 5.92 Å². The van der Waals surface area contributed by atoms with Gasteiger partial charge in [-0.25, -0.2) is 0 Å². The Balaban J connectivity index is 1.55. The van der Waals surface area contributed by atoms with Gasteiger partial charge in [-0.3, -0.25) is 4.79 Å². The molecule has 5 nitrogen and oxygen atoms in total. The minimum Gasteiger partial charge on any atom is -0.333 e. The van der Waals surface area contributed by atoms with Crippen molar-refractivity contribution < 1.29 is 4.79 Å². The van der Waals surface area contributed by atoms with Crippen LogP contribution in [0.4, 0.5) is 0 Å². The Hall–Kier alpha value is -2.17. The molecule has 0 radical (unpaired) electrons. The lowest BCUT2D eigenvalue weighted by molar-refractivity contribution is -0.136. The van der Waals surface area contributed by atoms with Crippen LogP contribution < -0.4 is 0 Å². The van der Waals surface area contributed by atoms with Gasteiger partial charge in [-0.15, -0.1) is 10.2 Å². The van der Waals surface area contributed by atoms with Gasteiger partial charge < -0.3 is 9.47 Å². The summed E-state index contributed by atoms with van der Waals surface area (Å²) in [6, 6.07) is 10.1. The molecule has 22 heavy (non-hydrogen) atoms. The van der Waals surface area contributed by atoms with E-state index in [2.05, 4.69) is 14.8 Å². The molecule has 2 aromatic rings. The number of nitrogens with zero attached hydrogens (tertiary/aromatic N) is 4. The minimum absolute atomic E-state index is 0.239. The van der Waals surface area contributed by atoms with Gasteiger partial charge in [0.05, 0.1) is 6.54 Å². The van der Waals surface area contributed by atoms with E-state index in [9.17, 15) is 4.79 Å². The average molecular weight is 296 g/mol. The van der Waals surface area contributed by atoms with Crippen LogP contribution in [0.25, 0.3) is 11.4 Å². The lowest BCUT2D eigenvalue weighted by atomic mass is 10.1. The summed E-state index contributed by atoms with van der Waals surface area (Å²) in [4.78, 5) is 14.5. The molecule has 1 aliphatic heterocycles. The van der Waals surface area contributed by atoms with Crippen molar-refractivity contribution in [3.63, 3.8) is 0 Å². The van der Waals surface area contributed by atoms with Gasteiger partial charge in [0.1, 0.15) is 0 Å². The molecule has 5 heteroatoms. The van der Waals surface area contributed by atoms with Gasteiger partial charge in [-0.05, 0) is 12.8 Å². The largest absolute Gasteiger partial charge is 0.333 e. The maximum atomic E-state index is 12.6. The van der Waals surface area contributed by atoms with Gasteiger partial charge in [0.2, 0.25) is 5.91 Å². The summed E-state index contributed by atoms with van der Waals surface area (Å²) in [7, 11) is 0. The molecule has 2 heterocycles. The SMILES string of the molecule is O=C(C1CCCC1)N1CCn2c(nnc2-c2ccccc2)C1. The van der Waals surface area contributed by atoms with E-state index >= 15 is 0 Å². The van der Waals surface area contributed by atoms with Crippen LogP contribution in [0.3, 0.4) is 0 Å². The highest BCUT2D eigenvalue weighted by Crippen LogP contribution is 2.28. The molecule has 1 aliphatic carbocycles. The van der Waals surface area contributed by atoms with Gasteiger partial charge in [0, 0.05) is 24.6 Å². The van der Waals surface area contributed by atoms with Crippen molar-refractivity contribution in [3.8, 4) is 11.4 Å². The molecule has 2 aliphatic rings. The third-order valence-corrected chi connectivity index (χ3v) is 4.80. The predicted molar refractivity (Wildman–Crippen MR) is 82.8 cm³/mol. The number of amides is 1. The molecule has 0 N–H and O–H groups in total. The quantitative estimate of drug-likeness (QED) is 0.855. The lowest BCUT2D eigenvalue weighted by Crippen LogP contribution is -2.41. The number of hydrogen-bond donors (Lipinski definition) is 0.